The summed E-state index contributed by atoms with van der Waals surface area (Å²) in [6.45, 7) is 3.92. The zero-order valence-corrected chi connectivity index (χ0v) is 16.7. The molecule has 4 aromatic rings. The van der Waals surface area contributed by atoms with Gasteiger partial charge in [0.2, 0.25) is 0 Å². The topological polar surface area (TPSA) is 49.0 Å². The van der Waals surface area contributed by atoms with Crippen LogP contribution in [0.25, 0.3) is 21.1 Å². The Morgan fingerprint density at radius 1 is 1.14 bits per heavy atom. The van der Waals surface area contributed by atoms with Gasteiger partial charge in [0.25, 0.3) is 0 Å². The number of likely N-dealkylation sites (tertiary alicyclic amines) is 1. The maximum absolute atomic E-state index is 13.1. The molecule has 2 aromatic carbocycles. The molecule has 1 fully saturated rings. The summed E-state index contributed by atoms with van der Waals surface area (Å²) >= 11 is 1.82. The van der Waals surface area contributed by atoms with Crippen LogP contribution >= 0.6 is 11.3 Å². The predicted octanol–water partition coefficient (Wildman–Crippen LogP) is 5.23. The number of thiazole rings is 1. The van der Waals surface area contributed by atoms with Crippen LogP contribution in [-0.4, -0.2) is 39.8 Å². The van der Waals surface area contributed by atoms with E-state index in [-0.39, 0.29) is 11.8 Å². The fourth-order valence-corrected chi connectivity index (χ4v) is 5.40. The van der Waals surface area contributed by atoms with Gasteiger partial charge in [-0.1, -0.05) is 30.3 Å². The molecule has 5 rings (SSSR count). The summed E-state index contributed by atoms with van der Waals surface area (Å²) in [5.74, 6) is 0.708. The number of aromatic nitrogens is 2. The van der Waals surface area contributed by atoms with Crippen LogP contribution in [0.15, 0.2) is 54.7 Å². The van der Waals surface area contributed by atoms with Crippen molar-refractivity contribution < 1.29 is 4.79 Å². The number of fused-ring (bicyclic) bond motifs is 2. The maximum Gasteiger partial charge on any atom is 0.181 e. The van der Waals surface area contributed by atoms with Gasteiger partial charge in [-0.2, -0.15) is 0 Å². The molecule has 4 nitrogen and oxygen atoms in total. The highest BCUT2D eigenvalue weighted by molar-refractivity contribution is 7.18. The van der Waals surface area contributed by atoms with Crippen LogP contribution in [0.3, 0.4) is 0 Å². The largest absolute Gasteiger partial charge is 0.360 e. The average molecular weight is 390 g/mol. The molecule has 0 radical (unpaired) electrons. The van der Waals surface area contributed by atoms with Crippen LogP contribution in [0.1, 0.15) is 41.0 Å². The van der Waals surface area contributed by atoms with Crippen molar-refractivity contribution in [1.82, 2.24) is 14.9 Å². The van der Waals surface area contributed by atoms with E-state index < -0.39 is 0 Å². The minimum absolute atomic E-state index is 0.101. The average Bonchev–Trinajstić information content (AvgIpc) is 3.37. The fraction of sp³-hybridized carbons (Fsp3) is 0.304. The highest BCUT2D eigenvalue weighted by Crippen LogP contribution is 2.34. The zero-order chi connectivity index (χ0) is 19.1. The number of aromatic amines is 1. The lowest BCUT2D eigenvalue weighted by Crippen LogP contribution is -2.43. The molecule has 3 heterocycles. The summed E-state index contributed by atoms with van der Waals surface area (Å²) in [6.07, 6.45) is 3.98. The van der Waals surface area contributed by atoms with E-state index in [2.05, 4.69) is 28.1 Å². The van der Waals surface area contributed by atoms with E-state index in [9.17, 15) is 4.79 Å². The van der Waals surface area contributed by atoms with Crippen molar-refractivity contribution in [3.63, 3.8) is 0 Å². The van der Waals surface area contributed by atoms with Crippen molar-refractivity contribution in [3.8, 4) is 0 Å². The van der Waals surface area contributed by atoms with Crippen molar-refractivity contribution in [1.29, 1.82) is 0 Å². The number of hydrogen-bond donors (Lipinski definition) is 1. The first-order chi connectivity index (χ1) is 13.7. The van der Waals surface area contributed by atoms with Crippen LogP contribution in [-0.2, 0) is 0 Å². The van der Waals surface area contributed by atoms with Gasteiger partial charge in [0.05, 0.1) is 21.3 Å². The van der Waals surface area contributed by atoms with Crippen molar-refractivity contribution in [3.05, 3.63) is 65.3 Å². The van der Waals surface area contributed by atoms with Gasteiger partial charge in [-0.05, 0) is 51.1 Å². The molecule has 0 saturated carbocycles. The minimum atomic E-state index is -0.101. The number of Topliss-reactive ketones (excluding diaryl/α,β-unsaturated/α-hetero) is 1. The van der Waals surface area contributed by atoms with E-state index in [1.165, 1.54) is 9.71 Å². The van der Waals surface area contributed by atoms with Crippen molar-refractivity contribution >= 4 is 38.2 Å². The Morgan fingerprint density at radius 3 is 2.71 bits per heavy atom. The Bertz CT molecular complexity index is 1100. The summed E-state index contributed by atoms with van der Waals surface area (Å²) in [5, 5.41) is 2.26. The van der Waals surface area contributed by atoms with Crippen LogP contribution in [0.4, 0.5) is 0 Å². The van der Waals surface area contributed by atoms with E-state index in [1.807, 2.05) is 54.8 Å². The number of carbonyl (C=O) groups is 1. The number of ketones is 1. The first-order valence-corrected chi connectivity index (χ1v) is 10.7. The first-order valence-electron chi connectivity index (χ1n) is 9.90. The quantitative estimate of drug-likeness (QED) is 0.486. The molecule has 0 spiro atoms. The normalized spacial score (nSPS) is 17.3. The molecule has 28 heavy (non-hydrogen) atoms. The lowest BCUT2D eigenvalue weighted by Gasteiger charge is -2.34. The van der Waals surface area contributed by atoms with Gasteiger partial charge >= 0.3 is 0 Å². The van der Waals surface area contributed by atoms with Crippen LogP contribution in [0.2, 0.25) is 0 Å². The third-order valence-electron chi connectivity index (χ3n) is 5.97. The van der Waals surface area contributed by atoms with Gasteiger partial charge in [0.15, 0.2) is 5.78 Å². The number of hydrogen-bond acceptors (Lipinski definition) is 4. The van der Waals surface area contributed by atoms with E-state index in [1.54, 1.807) is 0 Å². The molecule has 1 N–H and O–H groups in total. The van der Waals surface area contributed by atoms with Crippen molar-refractivity contribution in [2.45, 2.75) is 31.7 Å². The van der Waals surface area contributed by atoms with Crippen LogP contribution in [0.5, 0.6) is 0 Å². The smallest absolute Gasteiger partial charge is 0.181 e. The molecule has 1 aliphatic rings. The highest BCUT2D eigenvalue weighted by atomic mass is 32.1. The molecule has 0 amide bonds. The monoisotopic (exact) mass is 389 g/mol. The molecule has 5 heteroatoms. The number of benzene rings is 2. The van der Waals surface area contributed by atoms with E-state index in [4.69, 9.17) is 4.98 Å². The SMILES string of the molecule is C[C@@H](C(=O)c1c[nH]c2ccccc12)N1CCC(c2nc3ccccc3s2)CC1. The van der Waals surface area contributed by atoms with Gasteiger partial charge in [-0.15, -0.1) is 11.3 Å². The number of para-hydroxylation sites is 2. The first kappa shape index (κ1) is 17.6. The Kier molecular flexibility index (Phi) is 4.49. The number of H-pyrrole nitrogens is 1. The number of piperidine rings is 1. The summed E-state index contributed by atoms with van der Waals surface area (Å²) in [4.78, 5) is 23.5. The number of nitrogens with one attached hydrogen (secondary N) is 1. The fourth-order valence-electron chi connectivity index (χ4n) is 4.26. The Labute approximate surface area is 168 Å². The molecular formula is C23H23N3OS. The second kappa shape index (κ2) is 7.15. The molecule has 2 aromatic heterocycles. The lowest BCUT2D eigenvalue weighted by molar-refractivity contribution is 0.0798. The maximum atomic E-state index is 13.1. The summed E-state index contributed by atoms with van der Waals surface area (Å²) in [7, 11) is 0. The third kappa shape index (κ3) is 3.05. The molecule has 1 aliphatic heterocycles. The van der Waals surface area contributed by atoms with Gasteiger partial charge in [0.1, 0.15) is 0 Å². The van der Waals surface area contributed by atoms with E-state index in [0.29, 0.717) is 5.92 Å². The van der Waals surface area contributed by atoms with E-state index in [0.717, 1.165) is 47.9 Å². The second-order valence-electron chi connectivity index (χ2n) is 7.62. The molecule has 0 bridgehead atoms. The van der Waals surface area contributed by atoms with Gasteiger partial charge in [-0.25, -0.2) is 4.98 Å². The van der Waals surface area contributed by atoms with Crippen LogP contribution < -0.4 is 0 Å². The second-order valence-corrected chi connectivity index (χ2v) is 8.68. The van der Waals surface area contributed by atoms with Gasteiger partial charge < -0.3 is 4.98 Å². The molecule has 0 unspecified atom stereocenters. The molecule has 142 valence electrons. The van der Waals surface area contributed by atoms with Crippen LogP contribution in [0, 0.1) is 0 Å². The Hall–Kier alpha value is -2.50. The summed E-state index contributed by atoms with van der Waals surface area (Å²) in [6, 6.07) is 16.3. The predicted molar refractivity (Wildman–Crippen MR) is 115 cm³/mol. The van der Waals surface area contributed by atoms with Crippen molar-refractivity contribution in [2.24, 2.45) is 0 Å². The van der Waals surface area contributed by atoms with E-state index >= 15 is 0 Å². The third-order valence-corrected chi connectivity index (χ3v) is 7.17. The Balaban J connectivity index is 1.29. The van der Waals surface area contributed by atoms with Gasteiger partial charge in [0, 0.05) is 28.6 Å². The number of carbonyl (C=O) groups excluding carboxylic acids is 1. The van der Waals surface area contributed by atoms with Crippen molar-refractivity contribution in [2.75, 3.05) is 13.1 Å². The zero-order valence-electron chi connectivity index (χ0n) is 15.9. The summed E-state index contributed by atoms with van der Waals surface area (Å²) in [5.41, 5.74) is 2.93. The number of nitrogens with zero attached hydrogens (tertiary/aromatic N) is 2. The lowest BCUT2D eigenvalue weighted by atomic mass is 9.94. The Morgan fingerprint density at radius 2 is 1.89 bits per heavy atom. The summed E-state index contributed by atoms with van der Waals surface area (Å²) < 4.78 is 1.27. The molecular weight excluding hydrogens is 366 g/mol. The molecule has 1 atom stereocenters. The standard InChI is InChI=1S/C23H23N3OS/c1-15(22(27)18-14-24-19-7-3-2-6-17(18)19)26-12-10-16(11-13-26)23-25-20-8-4-5-9-21(20)28-23/h2-9,14-16,24H,10-13H2,1H3/t15-/m0/s1. The molecule has 0 aliphatic carbocycles. The molecule has 1 saturated heterocycles. The minimum Gasteiger partial charge on any atom is -0.360 e. The highest BCUT2D eigenvalue weighted by Gasteiger charge is 2.30. The number of rotatable bonds is 4. The van der Waals surface area contributed by atoms with Gasteiger partial charge in [-0.3, -0.25) is 9.69 Å².